The van der Waals surface area contributed by atoms with E-state index in [-0.39, 0.29) is 11.9 Å². The molecule has 8 nitrogen and oxygen atoms in total. The van der Waals surface area contributed by atoms with E-state index in [1.54, 1.807) is 17.9 Å². The normalized spacial score (nSPS) is 23.9. The molecule has 1 unspecified atom stereocenters. The van der Waals surface area contributed by atoms with Crippen molar-refractivity contribution in [2.45, 2.75) is 44.4 Å². The molecule has 5 rings (SSSR count). The molecule has 0 radical (unpaired) electrons. The van der Waals surface area contributed by atoms with Crippen LogP contribution in [0.1, 0.15) is 37.8 Å². The Hall–Kier alpha value is -3.76. The maximum atomic E-state index is 14.1. The number of amides is 1. The van der Waals surface area contributed by atoms with Gasteiger partial charge in [0.05, 0.1) is 47.4 Å². The summed E-state index contributed by atoms with van der Waals surface area (Å²) in [7, 11) is 1.45. The zero-order chi connectivity index (χ0) is 25.0. The lowest BCUT2D eigenvalue weighted by molar-refractivity contribution is -0.137. The van der Waals surface area contributed by atoms with Crippen LogP contribution in [0.15, 0.2) is 69.4 Å². The van der Waals surface area contributed by atoms with Crippen molar-refractivity contribution in [3.05, 3.63) is 70.3 Å². The third kappa shape index (κ3) is 3.48. The summed E-state index contributed by atoms with van der Waals surface area (Å²) in [6, 6.07) is 5.37. The van der Waals surface area contributed by atoms with Crippen LogP contribution in [0, 0.1) is 0 Å². The van der Waals surface area contributed by atoms with Crippen LogP contribution in [0.3, 0.4) is 0 Å². The Labute approximate surface area is 199 Å². The summed E-state index contributed by atoms with van der Waals surface area (Å²) >= 11 is 0. The molecule has 0 saturated carbocycles. The van der Waals surface area contributed by atoms with E-state index in [4.69, 9.17) is 4.74 Å². The van der Waals surface area contributed by atoms with Gasteiger partial charge >= 0.3 is 12.2 Å². The lowest BCUT2D eigenvalue weighted by Gasteiger charge is -2.47. The van der Waals surface area contributed by atoms with Crippen LogP contribution in [0.5, 0.6) is 6.01 Å². The van der Waals surface area contributed by atoms with Gasteiger partial charge in [-0.05, 0) is 25.0 Å². The number of ether oxygens (including phenoxy) is 1. The van der Waals surface area contributed by atoms with Crippen LogP contribution < -0.4 is 15.0 Å². The van der Waals surface area contributed by atoms with Crippen LogP contribution in [-0.2, 0) is 16.4 Å². The van der Waals surface area contributed by atoms with Crippen molar-refractivity contribution in [1.29, 1.82) is 0 Å². The van der Waals surface area contributed by atoms with Crippen molar-refractivity contribution in [1.82, 2.24) is 15.3 Å². The topological polar surface area (TPSA) is 92.1 Å². The van der Waals surface area contributed by atoms with Crippen LogP contribution in [-0.4, -0.2) is 35.7 Å². The minimum absolute atomic E-state index is 0.169. The van der Waals surface area contributed by atoms with Crippen molar-refractivity contribution in [2.24, 2.45) is 10.2 Å². The molecule has 0 aliphatic carbocycles. The summed E-state index contributed by atoms with van der Waals surface area (Å²) in [6.07, 6.45) is -1.25. The summed E-state index contributed by atoms with van der Waals surface area (Å²) in [4.78, 5) is 23.8. The molecule has 1 amide bonds. The molecule has 1 N–H and O–H groups in total. The van der Waals surface area contributed by atoms with E-state index in [1.165, 1.54) is 25.6 Å². The zero-order valence-electron chi connectivity index (χ0n) is 19.3. The molecule has 0 spiro atoms. The highest BCUT2D eigenvalue weighted by Crippen LogP contribution is 2.53. The SMILES string of the molecule is CC[C@@]1(c2cccc(C(F)(F)F)c2)C2=C(CCN(c3cnc(OC)nc3)C2=O)NC2N=NC(C)=C21. The fraction of sp³-hybridized carbons (Fsp3) is 0.375. The Morgan fingerprint density at radius 2 is 2.00 bits per heavy atom. The predicted molar refractivity (Wildman–Crippen MR) is 120 cm³/mol. The van der Waals surface area contributed by atoms with Crippen LogP contribution >= 0.6 is 0 Å². The van der Waals surface area contributed by atoms with Crippen molar-refractivity contribution in [3.8, 4) is 6.01 Å². The highest BCUT2D eigenvalue weighted by Gasteiger charge is 2.54. The molecule has 1 aromatic heterocycles. The monoisotopic (exact) mass is 484 g/mol. The summed E-state index contributed by atoms with van der Waals surface area (Å²) < 4.78 is 46.1. The molecule has 0 fully saturated rings. The number of alkyl halides is 3. The number of halogens is 3. The molecule has 0 bridgehead atoms. The van der Waals surface area contributed by atoms with Gasteiger partial charge in [-0.2, -0.15) is 23.4 Å². The maximum Gasteiger partial charge on any atom is 0.416 e. The zero-order valence-corrected chi connectivity index (χ0v) is 19.3. The van der Waals surface area contributed by atoms with Gasteiger partial charge in [0.25, 0.3) is 5.91 Å². The number of nitrogens with zero attached hydrogens (tertiary/aromatic N) is 5. The lowest BCUT2D eigenvalue weighted by atomic mass is 9.62. The molecule has 2 atom stereocenters. The molecule has 0 saturated heterocycles. The van der Waals surface area contributed by atoms with Gasteiger partial charge < -0.3 is 15.0 Å². The first kappa shape index (κ1) is 23.0. The van der Waals surface area contributed by atoms with Gasteiger partial charge in [0, 0.05) is 24.2 Å². The molecular weight excluding hydrogens is 461 g/mol. The quantitative estimate of drug-likeness (QED) is 0.689. The largest absolute Gasteiger partial charge is 0.467 e. The van der Waals surface area contributed by atoms with E-state index in [0.29, 0.717) is 53.2 Å². The molecule has 182 valence electrons. The second kappa shape index (κ2) is 8.17. The second-order valence-corrected chi connectivity index (χ2v) is 8.59. The fourth-order valence-corrected chi connectivity index (χ4v) is 5.33. The second-order valence-electron chi connectivity index (χ2n) is 8.59. The number of rotatable bonds is 4. The van der Waals surface area contributed by atoms with Crippen molar-refractivity contribution >= 4 is 11.6 Å². The molecule has 2 aromatic rings. The molecule has 1 aromatic carbocycles. The maximum absolute atomic E-state index is 14.1. The molecule has 3 aliphatic heterocycles. The Morgan fingerprint density at radius 3 is 2.66 bits per heavy atom. The Kier molecular flexibility index (Phi) is 5.37. The third-order valence-corrected chi connectivity index (χ3v) is 6.85. The van der Waals surface area contributed by atoms with E-state index in [0.717, 1.165) is 12.1 Å². The molecule has 11 heteroatoms. The van der Waals surface area contributed by atoms with Gasteiger partial charge in [-0.3, -0.25) is 4.79 Å². The number of methoxy groups -OCH3 is 1. The first-order valence-electron chi connectivity index (χ1n) is 11.2. The average Bonchev–Trinajstić information content (AvgIpc) is 3.23. The van der Waals surface area contributed by atoms with Gasteiger partial charge in [-0.1, -0.05) is 25.1 Å². The van der Waals surface area contributed by atoms with Gasteiger partial charge in [0.1, 0.15) is 0 Å². The van der Waals surface area contributed by atoms with Gasteiger partial charge in [0.2, 0.25) is 0 Å². The molecule has 35 heavy (non-hydrogen) atoms. The van der Waals surface area contributed by atoms with Crippen molar-refractivity contribution in [2.75, 3.05) is 18.6 Å². The minimum atomic E-state index is -4.52. The highest BCUT2D eigenvalue weighted by molar-refractivity contribution is 6.09. The molecular formula is C24H23F3N6O2. The van der Waals surface area contributed by atoms with Crippen LogP contribution in [0.2, 0.25) is 0 Å². The first-order valence-corrected chi connectivity index (χ1v) is 11.2. The Bertz CT molecular complexity index is 1280. The summed E-state index contributed by atoms with van der Waals surface area (Å²) in [5.41, 5.74) is 1.31. The van der Waals surface area contributed by atoms with Crippen LogP contribution in [0.4, 0.5) is 18.9 Å². The predicted octanol–water partition coefficient (Wildman–Crippen LogP) is 4.51. The van der Waals surface area contributed by atoms with E-state index in [2.05, 4.69) is 25.5 Å². The average molecular weight is 484 g/mol. The highest BCUT2D eigenvalue weighted by atomic mass is 19.4. The number of allylic oxidation sites excluding steroid dienone is 1. The van der Waals surface area contributed by atoms with E-state index >= 15 is 0 Å². The van der Waals surface area contributed by atoms with Gasteiger partial charge in [-0.25, -0.2) is 9.97 Å². The fourth-order valence-electron chi connectivity index (χ4n) is 5.33. The number of anilines is 1. The summed E-state index contributed by atoms with van der Waals surface area (Å²) in [6.45, 7) is 3.99. The minimum Gasteiger partial charge on any atom is -0.467 e. The Balaban J connectivity index is 1.71. The van der Waals surface area contributed by atoms with Crippen molar-refractivity contribution in [3.63, 3.8) is 0 Å². The summed E-state index contributed by atoms with van der Waals surface area (Å²) in [5, 5.41) is 11.9. The standard InChI is InChI=1S/C24H23F3N6O2/c1-4-23(14-6-5-7-15(10-14)24(25,26)27)18-13(2)31-32-20(18)30-17-8-9-33(21(34)19(17)23)16-11-28-22(35-3)29-12-16/h5-7,10-12,20,30H,4,8-9H2,1-3H3/t20?,23-/m0/s1. The van der Waals surface area contributed by atoms with Crippen molar-refractivity contribution < 1.29 is 22.7 Å². The number of carbonyl (C=O) groups excluding carboxylic acids is 1. The number of carbonyl (C=O) groups is 1. The number of hydrogen-bond acceptors (Lipinski definition) is 7. The van der Waals surface area contributed by atoms with E-state index < -0.39 is 23.3 Å². The van der Waals surface area contributed by atoms with Crippen LogP contribution in [0.25, 0.3) is 0 Å². The number of nitrogens with one attached hydrogen (secondary N) is 1. The Morgan fingerprint density at radius 1 is 1.26 bits per heavy atom. The first-order chi connectivity index (χ1) is 16.7. The van der Waals surface area contributed by atoms with Gasteiger partial charge in [-0.15, -0.1) is 0 Å². The summed E-state index contributed by atoms with van der Waals surface area (Å²) in [5.74, 6) is -0.322. The molecule has 3 aliphatic rings. The number of fused-ring (bicyclic) bond motifs is 1. The number of aromatic nitrogens is 2. The lowest BCUT2D eigenvalue weighted by Crippen LogP contribution is -2.54. The molecule has 4 heterocycles. The number of benzene rings is 1. The third-order valence-electron chi connectivity index (χ3n) is 6.85. The number of hydrogen-bond donors (Lipinski definition) is 1. The smallest absolute Gasteiger partial charge is 0.416 e. The van der Waals surface area contributed by atoms with E-state index in [1.807, 2.05) is 6.92 Å². The van der Waals surface area contributed by atoms with Gasteiger partial charge in [0.15, 0.2) is 6.17 Å². The number of azo groups is 1. The van der Waals surface area contributed by atoms with E-state index in [9.17, 15) is 18.0 Å².